The van der Waals surface area contributed by atoms with Crippen molar-refractivity contribution in [3.63, 3.8) is 0 Å². The third kappa shape index (κ3) is 4.95. The number of H-pyrrole nitrogens is 1. The van der Waals surface area contributed by atoms with E-state index in [0.717, 1.165) is 48.8 Å². The Hall–Kier alpha value is -2.57. The highest BCUT2D eigenvalue weighted by Crippen LogP contribution is 2.20. The lowest BCUT2D eigenvalue weighted by Crippen LogP contribution is -2.25. The van der Waals surface area contributed by atoms with Crippen molar-refractivity contribution in [1.29, 1.82) is 0 Å². The second kappa shape index (κ2) is 9.05. The summed E-state index contributed by atoms with van der Waals surface area (Å²) in [5.74, 6) is 0. The summed E-state index contributed by atoms with van der Waals surface area (Å²) in [6.07, 6.45) is 2.79. The van der Waals surface area contributed by atoms with Crippen molar-refractivity contribution in [2.75, 3.05) is 20.3 Å². The topological polar surface area (TPSA) is 66.9 Å². The number of ether oxygens (including phenoxy) is 1. The molecular weight excluding hydrogens is 314 g/mol. The molecule has 0 aliphatic rings. The smallest absolute Gasteiger partial charge is 0.117 e. The number of aromatic nitrogens is 4. The van der Waals surface area contributed by atoms with E-state index in [4.69, 9.17) is 4.74 Å². The van der Waals surface area contributed by atoms with E-state index in [0.29, 0.717) is 6.54 Å². The minimum absolute atomic E-state index is 0.709. The molecule has 0 spiro atoms. The summed E-state index contributed by atoms with van der Waals surface area (Å²) in [4.78, 5) is 6.76. The van der Waals surface area contributed by atoms with Crippen LogP contribution in [0.15, 0.2) is 54.7 Å². The second-order valence-electron chi connectivity index (χ2n) is 5.86. The van der Waals surface area contributed by atoms with Crippen LogP contribution >= 0.6 is 0 Å². The van der Waals surface area contributed by atoms with Crippen molar-refractivity contribution in [1.82, 2.24) is 25.3 Å². The quantitative estimate of drug-likeness (QED) is 0.608. The van der Waals surface area contributed by atoms with Crippen LogP contribution < -0.4 is 0 Å². The molecule has 1 aromatic carbocycles. The van der Waals surface area contributed by atoms with Crippen LogP contribution in [0.3, 0.4) is 0 Å². The summed E-state index contributed by atoms with van der Waals surface area (Å²) in [7, 11) is 1.73. The number of nitrogens with zero attached hydrogens (tertiary/aromatic N) is 4. The highest BCUT2D eigenvalue weighted by atomic mass is 16.5. The Labute approximate surface area is 147 Å². The van der Waals surface area contributed by atoms with Crippen molar-refractivity contribution < 1.29 is 4.74 Å². The maximum absolute atomic E-state index is 5.19. The van der Waals surface area contributed by atoms with E-state index in [1.807, 2.05) is 42.6 Å². The van der Waals surface area contributed by atoms with Crippen molar-refractivity contribution in [3.8, 4) is 11.3 Å². The van der Waals surface area contributed by atoms with Gasteiger partial charge in [-0.3, -0.25) is 9.88 Å². The van der Waals surface area contributed by atoms with Gasteiger partial charge < -0.3 is 4.74 Å². The Kier molecular flexibility index (Phi) is 6.25. The van der Waals surface area contributed by atoms with Crippen LogP contribution in [-0.2, 0) is 17.8 Å². The molecule has 0 aliphatic carbocycles. The molecule has 6 nitrogen and oxygen atoms in total. The Morgan fingerprint density at radius 1 is 1.00 bits per heavy atom. The first kappa shape index (κ1) is 17.3. The standard InChI is InChI=1S/C19H23N5O/c1-25-13-7-12-24(14-17-10-5-6-11-20-17)15-18-19(22-23-21-18)16-8-3-2-4-9-16/h2-6,8-11H,7,12-15H2,1H3,(H,21,22,23). The molecule has 0 radical (unpaired) electrons. The van der Waals surface area contributed by atoms with Gasteiger partial charge in [-0.25, -0.2) is 0 Å². The van der Waals surface area contributed by atoms with Crippen molar-refractivity contribution in [2.45, 2.75) is 19.5 Å². The van der Waals surface area contributed by atoms with Crippen LogP contribution in [0.2, 0.25) is 0 Å². The summed E-state index contributed by atoms with van der Waals surface area (Å²) in [5.41, 5.74) is 3.96. The summed E-state index contributed by atoms with van der Waals surface area (Å²) < 4.78 is 5.19. The molecule has 130 valence electrons. The Morgan fingerprint density at radius 3 is 2.60 bits per heavy atom. The van der Waals surface area contributed by atoms with Gasteiger partial charge in [-0.15, -0.1) is 0 Å². The molecule has 0 aliphatic heterocycles. The molecule has 25 heavy (non-hydrogen) atoms. The lowest BCUT2D eigenvalue weighted by molar-refractivity contribution is 0.165. The van der Waals surface area contributed by atoms with Gasteiger partial charge in [-0.2, -0.15) is 15.4 Å². The molecule has 2 aromatic heterocycles. The maximum Gasteiger partial charge on any atom is 0.117 e. The largest absolute Gasteiger partial charge is 0.385 e. The zero-order valence-corrected chi connectivity index (χ0v) is 14.4. The van der Waals surface area contributed by atoms with E-state index in [1.54, 1.807) is 7.11 Å². The molecule has 0 amide bonds. The van der Waals surface area contributed by atoms with Gasteiger partial charge in [0.15, 0.2) is 0 Å². The minimum atomic E-state index is 0.709. The third-order valence-corrected chi connectivity index (χ3v) is 3.98. The number of pyridine rings is 1. The average molecular weight is 337 g/mol. The number of hydrogen-bond acceptors (Lipinski definition) is 5. The average Bonchev–Trinajstić information content (AvgIpc) is 3.11. The molecular formula is C19H23N5O. The number of methoxy groups -OCH3 is 1. The number of aromatic amines is 1. The second-order valence-corrected chi connectivity index (χ2v) is 5.86. The summed E-state index contributed by atoms with van der Waals surface area (Å²) in [6.45, 7) is 3.13. The lowest BCUT2D eigenvalue weighted by atomic mass is 10.1. The molecule has 2 heterocycles. The minimum Gasteiger partial charge on any atom is -0.385 e. The summed E-state index contributed by atoms with van der Waals surface area (Å²) in [6, 6.07) is 16.1. The third-order valence-electron chi connectivity index (χ3n) is 3.98. The van der Waals surface area contributed by atoms with Gasteiger partial charge in [-0.1, -0.05) is 36.4 Å². The molecule has 3 aromatic rings. The van der Waals surface area contributed by atoms with Crippen LogP contribution in [0.5, 0.6) is 0 Å². The number of rotatable bonds is 9. The molecule has 3 rings (SSSR count). The molecule has 0 bridgehead atoms. The van der Waals surface area contributed by atoms with Gasteiger partial charge >= 0.3 is 0 Å². The zero-order chi connectivity index (χ0) is 17.3. The normalized spacial score (nSPS) is 11.1. The van der Waals surface area contributed by atoms with Gasteiger partial charge in [0.1, 0.15) is 11.4 Å². The Bertz CT molecular complexity index is 745. The summed E-state index contributed by atoms with van der Waals surface area (Å²) >= 11 is 0. The lowest BCUT2D eigenvalue weighted by Gasteiger charge is -2.21. The number of benzene rings is 1. The highest BCUT2D eigenvalue weighted by Gasteiger charge is 2.15. The number of hydrogen-bond donors (Lipinski definition) is 1. The van der Waals surface area contributed by atoms with Gasteiger partial charge in [0.2, 0.25) is 0 Å². The fourth-order valence-corrected chi connectivity index (χ4v) is 2.77. The Balaban J connectivity index is 1.75. The van der Waals surface area contributed by atoms with Crippen molar-refractivity contribution >= 4 is 0 Å². The van der Waals surface area contributed by atoms with E-state index in [9.17, 15) is 0 Å². The molecule has 0 fully saturated rings. The molecule has 0 unspecified atom stereocenters. The van der Waals surface area contributed by atoms with Crippen LogP contribution in [0.1, 0.15) is 17.8 Å². The highest BCUT2D eigenvalue weighted by molar-refractivity contribution is 5.60. The first-order valence-corrected chi connectivity index (χ1v) is 8.43. The van der Waals surface area contributed by atoms with E-state index in [1.165, 1.54) is 0 Å². The fraction of sp³-hybridized carbons (Fsp3) is 0.316. The molecule has 0 saturated carbocycles. The van der Waals surface area contributed by atoms with Gasteiger partial charge in [0.25, 0.3) is 0 Å². The summed E-state index contributed by atoms with van der Waals surface area (Å²) in [5, 5.41) is 11.5. The van der Waals surface area contributed by atoms with Crippen molar-refractivity contribution in [2.24, 2.45) is 0 Å². The van der Waals surface area contributed by atoms with E-state index < -0.39 is 0 Å². The Morgan fingerprint density at radius 2 is 1.84 bits per heavy atom. The number of nitrogens with one attached hydrogen (secondary N) is 1. The van der Waals surface area contributed by atoms with Gasteiger partial charge in [0, 0.05) is 45.1 Å². The first-order chi connectivity index (χ1) is 12.4. The van der Waals surface area contributed by atoms with Crippen LogP contribution in [0.4, 0.5) is 0 Å². The monoisotopic (exact) mass is 337 g/mol. The van der Waals surface area contributed by atoms with Crippen LogP contribution in [0, 0.1) is 0 Å². The molecule has 0 atom stereocenters. The first-order valence-electron chi connectivity index (χ1n) is 8.43. The fourth-order valence-electron chi connectivity index (χ4n) is 2.77. The van der Waals surface area contributed by atoms with Gasteiger partial charge in [0.05, 0.1) is 5.69 Å². The van der Waals surface area contributed by atoms with Crippen molar-refractivity contribution in [3.05, 3.63) is 66.1 Å². The van der Waals surface area contributed by atoms with Gasteiger partial charge in [-0.05, 0) is 18.6 Å². The van der Waals surface area contributed by atoms with E-state index in [-0.39, 0.29) is 0 Å². The predicted octanol–water partition coefficient (Wildman–Crippen LogP) is 2.91. The van der Waals surface area contributed by atoms with Crippen LogP contribution in [0.25, 0.3) is 11.3 Å². The zero-order valence-electron chi connectivity index (χ0n) is 14.4. The van der Waals surface area contributed by atoms with E-state index >= 15 is 0 Å². The molecule has 0 saturated heterocycles. The van der Waals surface area contributed by atoms with Crippen LogP contribution in [-0.4, -0.2) is 45.6 Å². The molecule has 1 N–H and O–H groups in total. The maximum atomic E-state index is 5.19. The predicted molar refractivity (Wildman–Crippen MR) is 96.7 cm³/mol. The van der Waals surface area contributed by atoms with E-state index in [2.05, 4.69) is 37.4 Å². The molecule has 6 heteroatoms. The SMILES string of the molecule is COCCCN(Cc1ccccn1)Cc1n[nH]nc1-c1ccccc1.